The SMILES string of the molecule is N=C1C(=O)C=Cc2ncccc21. The Morgan fingerprint density at radius 1 is 1.33 bits per heavy atom. The zero-order valence-corrected chi connectivity index (χ0v) is 6.24. The molecule has 0 aliphatic heterocycles. The first-order valence-electron chi connectivity index (χ1n) is 3.55. The molecule has 0 radical (unpaired) electrons. The van der Waals surface area contributed by atoms with Gasteiger partial charge in [-0.25, -0.2) is 0 Å². The van der Waals surface area contributed by atoms with Crippen LogP contribution in [0, 0.1) is 5.41 Å². The number of hydrogen-bond donors (Lipinski definition) is 1. The van der Waals surface area contributed by atoms with Crippen molar-refractivity contribution in [2.75, 3.05) is 0 Å². The molecule has 12 heavy (non-hydrogen) atoms. The van der Waals surface area contributed by atoms with E-state index in [2.05, 4.69) is 4.98 Å². The number of ketones is 1. The molecule has 58 valence electrons. The molecule has 0 atom stereocenters. The van der Waals surface area contributed by atoms with Crippen LogP contribution < -0.4 is 0 Å². The minimum Gasteiger partial charge on any atom is -0.296 e. The Labute approximate surface area is 69.3 Å². The number of carbonyl (C=O) groups excluding carboxylic acids is 1. The molecular weight excluding hydrogens is 152 g/mol. The summed E-state index contributed by atoms with van der Waals surface area (Å²) in [5, 5.41) is 7.44. The van der Waals surface area contributed by atoms with E-state index in [-0.39, 0.29) is 11.5 Å². The molecule has 1 N–H and O–H groups in total. The van der Waals surface area contributed by atoms with Crippen LogP contribution >= 0.6 is 0 Å². The third-order valence-electron chi connectivity index (χ3n) is 1.75. The number of fused-ring (bicyclic) bond motifs is 1. The first-order valence-corrected chi connectivity index (χ1v) is 3.55. The minimum atomic E-state index is -0.254. The number of rotatable bonds is 0. The zero-order chi connectivity index (χ0) is 8.55. The van der Waals surface area contributed by atoms with Crippen LogP contribution in [0.4, 0.5) is 0 Å². The Hall–Kier alpha value is -1.77. The minimum absolute atomic E-state index is 0.0283. The molecule has 0 unspecified atom stereocenters. The monoisotopic (exact) mass is 158 g/mol. The Kier molecular flexibility index (Phi) is 1.37. The highest BCUT2D eigenvalue weighted by Gasteiger charge is 2.16. The molecular formula is C9H6N2O. The zero-order valence-electron chi connectivity index (χ0n) is 6.24. The van der Waals surface area contributed by atoms with Crippen molar-refractivity contribution in [2.24, 2.45) is 0 Å². The standard InChI is InChI=1S/C9H6N2O/c10-9-6-2-1-5-11-7(6)3-4-8(9)12/h1-5,10H. The lowest BCUT2D eigenvalue weighted by Crippen LogP contribution is -2.16. The number of carbonyl (C=O) groups is 1. The van der Waals surface area contributed by atoms with Gasteiger partial charge in [0.25, 0.3) is 0 Å². The van der Waals surface area contributed by atoms with Crippen molar-refractivity contribution in [3.8, 4) is 0 Å². The molecule has 0 saturated heterocycles. The van der Waals surface area contributed by atoms with Gasteiger partial charge in [-0.05, 0) is 24.3 Å². The summed E-state index contributed by atoms with van der Waals surface area (Å²) in [6.45, 7) is 0. The highest BCUT2D eigenvalue weighted by Crippen LogP contribution is 2.13. The van der Waals surface area contributed by atoms with Gasteiger partial charge in [0.2, 0.25) is 5.78 Å². The van der Waals surface area contributed by atoms with Gasteiger partial charge in [-0.1, -0.05) is 0 Å². The normalized spacial score (nSPS) is 14.7. The van der Waals surface area contributed by atoms with Crippen LogP contribution in [-0.2, 0) is 4.79 Å². The third kappa shape index (κ3) is 0.871. The maximum absolute atomic E-state index is 11.0. The molecule has 1 heterocycles. The Morgan fingerprint density at radius 2 is 2.17 bits per heavy atom. The Morgan fingerprint density at radius 3 is 3.00 bits per heavy atom. The third-order valence-corrected chi connectivity index (χ3v) is 1.75. The van der Waals surface area contributed by atoms with Crippen molar-refractivity contribution in [3.63, 3.8) is 0 Å². The molecule has 0 aromatic carbocycles. The summed E-state index contributed by atoms with van der Waals surface area (Å²) in [7, 11) is 0. The van der Waals surface area contributed by atoms with Gasteiger partial charge in [0, 0.05) is 11.8 Å². The molecule has 2 rings (SSSR count). The van der Waals surface area contributed by atoms with Crippen LogP contribution in [0.25, 0.3) is 6.08 Å². The average Bonchev–Trinajstić information content (AvgIpc) is 2.12. The Bertz CT molecular complexity index is 393. The van der Waals surface area contributed by atoms with E-state index in [4.69, 9.17) is 5.41 Å². The van der Waals surface area contributed by atoms with Gasteiger partial charge in [0.15, 0.2) is 0 Å². The van der Waals surface area contributed by atoms with Crippen LogP contribution in [0.15, 0.2) is 24.4 Å². The number of nitrogens with zero attached hydrogens (tertiary/aromatic N) is 1. The number of pyridine rings is 1. The van der Waals surface area contributed by atoms with E-state index in [0.29, 0.717) is 11.3 Å². The second-order valence-corrected chi connectivity index (χ2v) is 2.51. The highest BCUT2D eigenvalue weighted by molar-refractivity contribution is 6.50. The molecule has 0 saturated carbocycles. The fourth-order valence-electron chi connectivity index (χ4n) is 1.13. The van der Waals surface area contributed by atoms with Gasteiger partial charge in [-0.3, -0.25) is 15.2 Å². The fourth-order valence-corrected chi connectivity index (χ4v) is 1.13. The summed E-state index contributed by atoms with van der Waals surface area (Å²) in [6, 6.07) is 3.45. The van der Waals surface area contributed by atoms with E-state index in [9.17, 15) is 4.79 Å². The van der Waals surface area contributed by atoms with Gasteiger partial charge in [-0.2, -0.15) is 0 Å². The smallest absolute Gasteiger partial charge is 0.204 e. The molecule has 1 aromatic heterocycles. The van der Waals surface area contributed by atoms with Gasteiger partial charge >= 0.3 is 0 Å². The van der Waals surface area contributed by atoms with E-state index < -0.39 is 0 Å². The summed E-state index contributed by atoms with van der Waals surface area (Å²) >= 11 is 0. The molecule has 0 amide bonds. The van der Waals surface area contributed by atoms with E-state index >= 15 is 0 Å². The molecule has 1 aliphatic carbocycles. The quantitative estimate of drug-likeness (QED) is 0.613. The first kappa shape index (κ1) is 6.91. The predicted molar refractivity (Wildman–Crippen MR) is 45.1 cm³/mol. The van der Waals surface area contributed by atoms with Crippen molar-refractivity contribution < 1.29 is 4.79 Å². The summed E-state index contributed by atoms with van der Waals surface area (Å²) in [4.78, 5) is 15.0. The van der Waals surface area contributed by atoms with Crippen molar-refractivity contribution >= 4 is 17.6 Å². The van der Waals surface area contributed by atoms with Crippen LogP contribution in [0.3, 0.4) is 0 Å². The molecule has 0 spiro atoms. The summed E-state index contributed by atoms with van der Waals surface area (Å²) in [5.41, 5.74) is 1.34. The van der Waals surface area contributed by atoms with Gasteiger partial charge < -0.3 is 0 Å². The van der Waals surface area contributed by atoms with Crippen molar-refractivity contribution in [1.82, 2.24) is 4.98 Å². The average molecular weight is 158 g/mol. The highest BCUT2D eigenvalue weighted by atomic mass is 16.1. The van der Waals surface area contributed by atoms with Gasteiger partial charge in [0.05, 0.1) is 5.69 Å². The summed E-state index contributed by atoms with van der Waals surface area (Å²) in [5.74, 6) is -0.254. The lowest BCUT2D eigenvalue weighted by molar-refractivity contribution is -0.108. The second kappa shape index (κ2) is 2.37. The maximum atomic E-state index is 11.0. The number of aromatic nitrogens is 1. The Balaban J connectivity index is 2.67. The van der Waals surface area contributed by atoms with Crippen molar-refractivity contribution in [2.45, 2.75) is 0 Å². The maximum Gasteiger partial charge on any atom is 0.204 e. The molecule has 1 aromatic rings. The molecule has 1 aliphatic rings. The lowest BCUT2D eigenvalue weighted by Gasteiger charge is -2.07. The molecule has 3 heteroatoms. The lowest BCUT2D eigenvalue weighted by atomic mass is 9.99. The van der Waals surface area contributed by atoms with Crippen LogP contribution in [0.1, 0.15) is 11.3 Å². The van der Waals surface area contributed by atoms with E-state index in [1.807, 2.05) is 0 Å². The van der Waals surface area contributed by atoms with Crippen molar-refractivity contribution in [1.29, 1.82) is 5.41 Å². The summed E-state index contributed by atoms with van der Waals surface area (Å²) in [6.07, 6.45) is 4.65. The van der Waals surface area contributed by atoms with Crippen LogP contribution in [0.2, 0.25) is 0 Å². The molecule has 0 fully saturated rings. The predicted octanol–water partition coefficient (Wildman–Crippen LogP) is 1.05. The molecule has 0 bridgehead atoms. The second-order valence-electron chi connectivity index (χ2n) is 2.51. The number of allylic oxidation sites excluding steroid dienone is 1. The van der Waals surface area contributed by atoms with E-state index in [0.717, 1.165) is 0 Å². The number of nitrogens with one attached hydrogen (secondary N) is 1. The molecule has 3 nitrogen and oxygen atoms in total. The first-order chi connectivity index (χ1) is 5.79. The van der Waals surface area contributed by atoms with E-state index in [1.165, 1.54) is 6.08 Å². The number of hydrogen-bond acceptors (Lipinski definition) is 3. The summed E-state index contributed by atoms with van der Waals surface area (Å²) < 4.78 is 0. The van der Waals surface area contributed by atoms with Gasteiger partial charge in [0.1, 0.15) is 5.71 Å². The fraction of sp³-hybridized carbons (Fsp3) is 0. The van der Waals surface area contributed by atoms with Gasteiger partial charge in [-0.15, -0.1) is 0 Å². The largest absolute Gasteiger partial charge is 0.296 e. The van der Waals surface area contributed by atoms with Crippen LogP contribution in [-0.4, -0.2) is 16.5 Å². The topological polar surface area (TPSA) is 53.8 Å². The van der Waals surface area contributed by atoms with Crippen LogP contribution in [0.5, 0.6) is 0 Å². The van der Waals surface area contributed by atoms with Crippen molar-refractivity contribution in [3.05, 3.63) is 35.7 Å². The van der Waals surface area contributed by atoms with E-state index in [1.54, 1.807) is 24.4 Å².